The second kappa shape index (κ2) is 11.4. The van der Waals surface area contributed by atoms with Crippen molar-refractivity contribution in [1.82, 2.24) is 4.98 Å². The molecule has 2 N–H and O–H groups in total. The minimum absolute atomic E-state index is 0.00314. The number of aryl methyl sites for hydroxylation is 1. The van der Waals surface area contributed by atoms with Crippen LogP contribution in [0.25, 0.3) is 10.9 Å². The Hall–Kier alpha value is -4.54. The summed E-state index contributed by atoms with van der Waals surface area (Å²) in [7, 11) is 2.01. The highest BCUT2D eigenvalue weighted by atomic mass is 19.1. The third-order valence-electron chi connectivity index (χ3n) is 8.84. The number of pyridine rings is 1. The normalized spacial score (nSPS) is 19.1. The van der Waals surface area contributed by atoms with Gasteiger partial charge in [0.1, 0.15) is 11.2 Å². The van der Waals surface area contributed by atoms with E-state index in [1.807, 2.05) is 44.3 Å². The van der Waals surface area contributed by atoms with E-state index in [4.69, 9.17) is 14.2 Å². The summed E-state index contributed by atoms with van der Waals surface area (Å²) >= 11 is 0. The third-order valence-corrected chi connectivity index (χ3v) is 8.84. The Morgan fingerprint density at radius 2 is 1.69 bits per heavy atom. The summed E-state index contributed by atoms with van der Waals surface area (Å²) in [6.07, 6.45) is 4.60. The monoisotopic (exact) mass is 610 g/mol. The van der Waals surface area contributed by atoms with Gasteiger partial charge < -0.3 is 29.7 Å². The number of fused-ring (bicyclic) bond motifs is 1. The van der Waals surface area contributed by atoms with Gasteiger partial charge in [-0.3, -0.25) is 14.6 Å². The first-order valence-electron chi connectivity index (χ1n) is 15.2. The number of hydrogen-bond donors (Lipinski definition) is 2. The third kappa shape index (κ3) is 6.08. The molecule has 1 aromatic heterocycles. The minimum Gasteiger partial charge on any atom is -0.454 e. The van der Waals surface area contributed by atoms with E-state index in [2.05, 4.69) is 20.5 Å². The molecule has 3 aromatic carbocycles. The molecule has 1 atom stereocenters. The van der Waals surface area contributed by atoms with Gasteiger partial charge in [0.05, 0.1) is 30.4 Å². The number of nitrogens with zero attached hydrogens (tertiary/aromatic N) is 2. The molecule has 232 valence electrons. The summed E-state index contributed by atoms with van der Waals surface area (Å²) in [5.41, 5.74) is 2.37. The fraction of sp³-hybridized carbons (Fsp3) is 0.343. The van der Waals surface area contributed by atoms with Crippen molar-refractivity contribution in [2.45, 2.75) is 44.3 Å². The summed E-state index contributed by atoms with van der Waals surface area (Å²) in [5.74, 6) is -1.02. The van der Waals surface area contributed by atoms with Gasteiger partial charge in [0.2, 0.25) is 11.8 Å². The van der Waals surface area contributed by atoms with E-state index in [0.29, 0.717) is 49.6 Å². The predicted octanol–water partition coefficient (Wildman–Crippen LogP) is 6.22. The van der Waals surface area contributed by atoms with Gasteiger partial charge >= 0.3 is 0 Å². The maximum atomic E-state index is 15.2. The molecule has 1 unspecified atom stereocenters. The highest BCUT2D eigenvalue weighted by Crippen LogP contribution is 2.48. The number of amides is 2. The Kier molecular flexibility index (Phi) is 7.41. The summed E-state index contributed by atoms with van der Waals surface area (Å²) in [4.78, 5) is 32.7. The van der Waals surface area contributed by atoms with Crippen LogP contribution in [0.1, 0.15) is 31.2 Å². The van der Waals surface area contributed by atoms with Crippen LogP contribution in [-0.2, 0) is 19.1 Å². The first-order chi connectivity index (χ1) is 21.7. The minimum atomic E-state index is -1.17. The standard InChI is InChI=1S/C35H35FN4O5/c1-22-3-5-23(6-4-22)38-32(41)35(14-15-35)33(42)39-24-7-10-31(28(36)17-24)44-30-11-16-37-29-18-25(8-9-27(29)30)40(2)19-26-20-43-21-34(45-26)12-13-34/h3-11,16-18,26H,12-15,19-21H2,1-2H3,(H,38,41)(H,39,42). The lowest BCUT2D eigenvalue weighted by molar-refractivity contribution is -0.148. The molecule has 2 amide bonds. The van der Waals surface area contributed by atoms with Gasteiger partial charge in [0.15, 0.2) is 11.6 Å². The molecular formula is C35H35FN4O5. The highest BCUT2D eigenvalue weighted by molar-refractivity contribution is 6.16. The maximum Gasteiger partial charge on any atom is 0.240 e. The maximum absolute atomic E-state index is 15.2. The number of halogens is 1. The highest BCUT2D eigenvalue weighted by Gasteiger charge is 2.56. The summed E-state index contributed by atoms with van der Waals surface area (Å²) < 4.78 is 33.3. The number of rotatable bonds is 9. The Morgan fingerprint density at radius 3 is 2.40 bits per heavy atom. The van der Waals surface area contributed by atoms with Crippen molar-refractivity contribution >= 4 is 39.8 Å². The van der Waals surface area contributed by atoms with Crippen LogP contribution in [0.5, 0.6) is 11.5 Å². The molecule has 9 nitrogen and oxygen atoms in total. The van der Waals surface area contributed by atoms with Gasteiger partial charge in [-0.15, -0.1) is 0 Å². The van der Waals surface area contributed by atoms with E-state index in [-0.39, 0.29) is 29.0 Å². The molecular weight excluding hydrogens is 575 g/mol. The quantitative estimate of drug-likeness (QED) is 0.217. The van der Waals surface area contributed by atoms with E-state index in [0.717, 1.165) is 29.5 Å². The van der Waals surface area contributed by atoms with Gasteiger partial charge in [-0.25, -0.2) is 4.39 Å². The Balaban J connectivity index is 1.00. The van der Waals surface area contributed by atoms with Crippen molar-refractivity contribution in [3.63, 3.8) is 0 Å². The molecule has 45 heavy (non-hydrogen) atoms. The molecule has 2 heterocycles. The molecule has 1 spiro atoms. The largest absolute Gasteiger partial charge is 0.454 e. The molecule has 1 saturated heterocycles. The lowest BCUT2D eigenvalue weighted by Crippen LogP contribution is -2.43. The molecule has 0 radical (unpaired) electrons. The number of benzene rings is 3. The van der Waals surface area contributed by atoms with E-state index < -0.39 is 17.1 Å². The van der Waals surface area contributed by atoms with Gasteiger partial charge in [0.25, 0.3) is 0 Å². The second-order valence-electron chi connectivity index (χ2n) is 12.4. The second-order valence-corrected chi connectivity index (χ2v) is 12.4. The molecule has 3 fully saturated rings. The van der Waals surface area contributed by atoms with E-state index in [1.165, 1.54) is 12.1 Å². The lowest BCUT2D eigenvalue weighted by atomic mass is 10.0. The number of carbonyl (C=O) groups is 2. The average Bonchev–Trinajstić information content (AvgIpc) is 3.97. The van der Waals surface area contributed by atoms with Crippen LogP contribution in [0, 0.1) is 18.2 Å². The van der Waals surface area contributed by atoms with Crippen molar-refractivity contribution in [3.05, 3.63) is 84.3 Å². The number of aromatic nitrogens is 1. The SMILES string of the molecule is Cc1ccc(NC(=O)C2(C(=O)Nc3ccc(Oc4ccnc5cc(N(C)CC6COCC7(CC7)O6)ccc45)c(F)c3)CC2)cc1. The predicted molar refractivity (Wildman–Crippen MR) is 169 cm³/mol. The molecule has 0 bridgehead atoms. The number of nitrogens with one attached hydrogen (secondary N) is 2. The van der Waals surface area contributed by atoms with Crippen molar-refractivity contribution in [3.8, 4) is 11.5 Å². The van der Waals surface area contributed by atoms with Crippen molar-refractivity contribution < 1.29 is 28.2 Å². The smallest absolute Gasteiger partial charge is 0.240 e. The number of hydrogen-bond acceptors (Lipinski definition) is 7. The zero-order valence-corrected chi connectivity index (χ0v) is 25.3. The van der Waals surface area contributed by atoms with Crippen molar-refractivity contribution in [1.29, 1.82) is 0 Å². The molecule has 2 aliphatic carbocycles. The molecule has 10 heteroatoms. The zero-order valence-electron chi connectivity index (χ0n) is 25.3. The molecule has 7 rings (SSSR count). The van der Waals surface area contributed by atoms with E-state index >= 15 is 4.39 Å². The van der Waals surface area contributed by atoms with Crippen LogP contribution in [0.2, 0.25) is 0 Å². The summed E-state index contributed by atoms with van der Waals surface area (Å²) in [6, 6.07) is 19.1. The lowest BCUT2D eigenvalue weighted by Gasteiger charge is -2.33. The number of carbonyl (C=O) groups excluding carboxylic acids is 2. The fourth-order valence-electron chi connectivity index (χ4n) is 5.74. The van der Waals surface area contributed by atoms with Crippen LogP contribution >= 0.6 is 0 Å². The number of ether oxygens (including phenoxy) is 3. The Morgan fingerprint density at radius 1 is 0.956 bits per heavy atom. The zero-order chi connectivity index (χ0) is 31.2. The van der Waals surface area contributed by atoms with Gasteiger partial charge in [0, 0.05) is 48.3 Å². The summed E-state index contributed by atoms with van der Waals surface area (Å²) in [5, 5.41) is 6.26. The van der Waals surface area contributed by atoms with Crippen LogP contribution in [0.3, 0.4) is 0 Å². The van der Waals surface area contributed by atoms with E-state index in [1.54, 1.807) is 30.5 Å². The summed E-state index contributed by atoms with van der Waals surface area (Å²) in [6.45, 7) is 3.91. The molecule has 2 saturated carbocycles. The molecule has 3 aliphatic rings. The van der Waals surface area contributed by atoms with E-state index in [9.17, 15) is 9.59 Å². The number of likely N-dealkylation sites (N-methyl/N-ethyl adjacent to an activating group) is 1. The Bertz CT molecular complexity index is 1770. The van der Waals surface area contributed by atoms with Crippen LogP contribution < -0.4 is 20.3 Å². The van der Waals surface area contributed by atoms with Crippen LogP contribution in [0.4, 0.5) is 21.5 Å². The average molecular weight is 611 g/mol. The fourth-order valence-corrected chi connectivity index (χ4v) is 5.74. The van der Waals surface area contributed by atoms with Crippen molar-refractivity contribution in [2.24, 2.45) is 5.41 Å². The first kappa shape index (κ1) is 29.2. The van der Waals surface area contributed by atoms with Crippen LogP contribution in [0.15, 0.2) is 72.9 Å². The van der Waals surface area contributed by atoms with Gasteiger partial charge in [-0.1, -0.05) is 17.7 Å². The first-order valence-corrected chi connectivity index (χ1v) is 15.2. The molecule has 4 aromatic rings. The van der Waals surface area contributed by atoms with Gasteiger partial charge in [-0.2, -0.15) is 0 Å². The molecule has 1 aliphatic heterocycles. The van der Waals surface area contributed by atoms with Crippen molar-refractivity contribution in [2.75, 3.05) is 42.3 Å². The van der Waals surface area contributed by atoms with Crippen LogP contribution in [-0.4, -0.2) is 55.3 Å². The topological polar surface area (TPSA) is 102 Å². The van der Waals surface area contributed by atoms with Gasteiger partial charge in [-0.05, 0) is 81.1 Å². The number of anilines is 3. The Labute approximate surface area is 260 Å².